The van der Waals surface area contributed by atoms with Crippen LogP contribution < -0.4 is 0 Å². The summed E-state index contributed by atoms with van der Waals surface area (Å²) >= 11 is 0. The highest BCUT2D eigenvalue weighted by atomic mass is 35.5. The summed E-state index contributed by atoms with van der Waals surface area (Å²) in [6.45, 7) is 3.43. The fourth-order valence-electron chi connectivity index (χ4n) is 3.31. The third-order valence-corrected chi connectivity index (χ3v) is 4.44. The fraction of sp³-hybridized carbons (Fsp3) is 0.400. The molecule has 2 aromatic rings. The number of pyridine rings is 1. The fourth-order valence-corrected chi connectivity index (χ4v) is 3.31. The molecule has 22 heavy (non-hydrogen) atoms. The molecule has 0 radical (unpaired) electrons. The zero-order valence-electron chi connectivity index (χ0n) is 12.1. The standard InChI is InChI=1S/C15H15N3O3.ClH/c1-9-3-2-4-18-13(9)11(5-16-18)14(19)17-6-10-8-21-15(20)12(10)7-17;/h2-5,10,12H,6-8H2,1H3;1H/t10-,12-;/m1./s1. The molecule has 6 nitrogen and oxygen atoms in total. The average Bonchev–Trinajstić information content (AvgIpc) is 3.15. The van der Waals surface area contributed by atoms with Crippen molar-refractivity contribution in [1.29, 1.82) is 0 Å². The second-order valence-corrected chi connectivity index (χ2v) is 5.75. The molecule has 2 fully saturated rings. The SMILES string of the molecule is Cc1cccn2ncc(C(=O)N3C[C@@H]4COC(=O)[C@@H]4C3)c12.Cl. The van der Waals surface area contributed by atoms with Crippen LogP contribution in [0.4, 0.5) is 0 Å². The number of cyclic esters (lactones) is 1. The van der Waals surface area contributed by atoms with Crippen LogP contribution in [0.1, 0.15) is 15.9 Å². The number of ether oxygens (including phenoxy) is 1. The summed E-state index contributed by atoms with van der Waals surface area (Å²) in [7, 11) is 0. The summed E-state index contributed by atoms with van der Waals surface area (Å²) < 4.78 is 6.75. The van der Waals surface area contributed by atoms with E-state index >= 15 is 0 Å². The molecule has 116 valence electrons. The largest absolute Gasteiger partial charge is 0.465 e. The Morgan fingerprint density at radius 2 is 2.23 bits per heavy atom. The van der Waals surface area contributed by atoms with Gasteiger partial charge in [0.2, 0.25) is 0 Å². The van der Waals surface area contributed by atoms with E-state index < -0.39 is 0 Å². The molecule has 2 atom stereocenters. The molecule has 7 heteroatoms. The summed E-state index contributed by atoms with van der Waals surface area (Å²) in [5.41, 5.74) is 2.45. The van der Waals surface area contributed by atoms with Gasteiger partial charge < -0.3 is 9.64 Å². The molecular weight excluding hydrogens is 306 g/mol. The summed E-state index contributed by atoms with van der Waals surface area (Å²) in [5, 5.41) is 4.24. The second kappa shape index (κ2) is 5.28. The van der Waals surface area contributed by atoms with Crippen LogP contribution >= 0.6 is 12.4 Å². The first-order valence-corrected chi connectivity index (χ1v) is 7.04. The van der Waals surface area contributed by atoms with Crippen molar-refractivity contribution in [3.8, 4) is 0 Å². The Morgan fingerprint density at radius 1 is 1.41 bits per heavy atom. The predicted molar refractivity (Wildman–Crippen MR) is 81.0 cm³/mol. The minimum absolute atomic E-state index is 0. The third kappa shape index (κ3) is 2.06. The Morgan fingerprint density at radius 3 is 3.00 bits per heavy atom. The number of carbonyl (C=O) groups is 2. The lowest BCUT2D eigenvalue weighted by molar-refractivity contribution is -0.141. The zero-order chi connectivity index (χ0) is 14.6. The Hall–Kier alpha value is -2.08. The van der Waals surface area contributed by atoms with Gasteiger partial charge in [-0.1, -0.05) is 6.07 Å². The van der Waals surface area contributed by atoms with Gasteiger partial charge in [-0.3, -0.25) is 9.59 Å². The van der Waals surface area contributed by atoms with Gasteiger partial charge in [0.15, 0.2) is 0 Å². The third-order valence-electron chi connectivity index (χ3n) is 4.44. The van der Waals surface area contributed by atoms with Crippen LogP contribution in [0.2, 0.25) is 0 Å². The van der Waals surface area contributed by atoms with E-state index in [0.717, 1.165) is 11.1 Å². The number of aryl methyl sites for hydroxylation is 1. The van der Waals surface area contributed by atoms with Crippen molar-refractivity contribution < 1.29 is 14.3 Å². The Balaban J connectivity index is 0.00000144. The molecule has 0 aliphatic carbocycles. The zero-order valence-corrected chi connectivity index (χ0v) is 12.9. The van der Waals surface area contributed by atoms with E-state index in [1.165, 1.54) is 0 Å². The number of esters is 1. The van der Waals surface area contributed by atoms with Crippen molar-refractivity contribution >= 4 is 29.8 Å². The molecule has 2 saturated heterocycles. The Labute approximate surface area is 133 Å². The van der Waals surface area contributed by atoms with Crippen molar-refractivity contribution in [1.82, 2.24) is 14.5 Å². The number of carbonyl (C=O) groups excluding carboxylic acids is 2. The first kappa shape index (κ1) is 14.8. The molecular formula is C15H16ClN3O3. The molecule has 2 aliphatic rings. The van der Waals surface area contributed by atoms with Crippen LogP contribution in [0.5, 0.6) is 0 Å². The monoisotopic (exact) mass is 321 g/mol. The van der Waals surface area contributed by atoms with Gasteiger partial charge in [-0.05, 0) is 18.6 Å². The lowest BCUT2D eigenvalue weighted by Crippen LogP contribution is -2.30. The van der Waals surface area contributed by atoms with E-state index in [4.69, 9.17) is 4.74 Å². The molecule has 0 spiro atoms. The molecule has 2 aromatic heterocycles. The first-order chi connectivity index (χ1) is 10.1. The summed E-state index contributed by atoms with van der Waals surface area (Å²) in [6, 6.07) is 3.86. The number of hydrogen-bond donors (Lipinski definition) is 0. The molecule has 4 rings (SSSR count). The lowest BCUT2D eigenvalue weighted by atomic mass is 10.0. The van der Waals surface area contributed by atoms with Gasteiger partial charge >= 0.3 is 5.97 Å². The summed E-state index contributed by atoms with van der Waals surface area (Å²) in [5.74, 6) is -0.242. The second-order valence-electron chi connectivity index (χ2n) is 5.75. The highest BCUT2D eigenvalue weighted by Crippen LogP contribution is 2.31. The number of nitrogens with zero attached hydrogens (tertiary/aromatic N) is 3. The van der Waals surface area contributed by atoms with E-state index in [-0.39, 0.29) is 36.1 Å². The van der Waals surface area contributed by atoms with E-state index in [1.807, 2.05) is 25.3 Å². The molecule has 1 amide bonds. The average molecular weight is 322 g/mol. The molecule has 0 unspecified atom stereocenters. The van der Waals surface area contributed by atoms with Gasteiger partial charge in [0.05, 0.1) is 29.8 Å². The number of likely N-dealkylation sites (tertiary alicyclic amines) is 1. The molecule has 4 heterocycles. The van der Waals surface area contributed by atoms with E-state index in [0.29, 0.717) is 25.3 Å². The van der Waals surface area contributed by atoms with Crippen molar-refractivity contribution in [3.05, 3.63) is 35.7 Å². The predicted octanol–water partition coefficient (Wildman–Crippen LogP) is 1.31. The number of fused-ring (bicyclic) bond motifs is 2. The van der Waals surface area contributed by atoms with Gasteiger partial charge in [0.25, 0.3) is 5.91 Å². The minimum Gasteiger partial charge on any atom is -0.465 e. The van der Waals surface area contributed by atoms with Crippen LogP contribution in [0.25, 0.3) is 5.52 Å². The molecule has 0 saturated carbocycles. The van der Waals surface area contributed by atoms with Crippen LogP contribution in [-0.2, 0) is 9.53 Å². The van der Waals surface area contributed by atoms with E-state index in [2.05, 4.69) is 5.10 Å². The molecule has 2 aliphatic heterocycles. The maximum Gasteiger partial charge on any atom is 0.311 e. The van der Waals surface area contributed by atoms with Gasteiger partial charge in [-0.15, -0.1) is 12.4 Å². The number of rotatable bonds is 1. The van der Waals surface area contributed by atoms with Gasteiger partial charge in [0.1, 0.15) is 0 Å². The summed E-state index contributed by atoms with van der Waals surface area (Å²) in [4.78, 5) is 26.1. The lowest BCUT2D eigenvalue weighted by Gasteiger charge is -2.16. The van der Waals surface area contributed by atoms with E-state index in [9.17, 15) is 9.59 Å². The van der Waals surface area contributed by atoms with Crippen molar-refractivity contribution in [2.45, 2.75) is 6.92 Å². The van der Waals surface area contributed by atoms with Gasteiger partial charge in [-0.2, -0.15) is 5.10 Å². The summed E-state index contributed by atoms with van der Waals surface area (Å²) in [6.07, 6.45) is 3.44. The highest BCUT2D eigenvalue weighted by Gasteiger charge is 2.45. The topological polar surface area (TPSA) is 63.9 Å². The number of aromatic nitrogens is 2. The van der Waals surface area contributed by atoms with Gasteiger partial charge in [-0.25, -0.2) is 4.52 Å². The highest BCUT2D eigenvalue weighted by molar-refractivity contribution is 6.01. The van der Waals surface area contributed by atoms with Crippen LogP contribution in [0.3, 0.4) is 0 Å². The quantitative estimate of drug-likeness (QED) is 0.743. The van der Waals surface area contributed by atoms with Crippen molar-refractivity contribution in [2.75, 3.05) is 19.7 Å². The maximum atomic E-state index is 12.7. The first-order valence-electron chi connectivity index (χ1n) is 7.04. The molecule has 0 aromatic carbocycles. The molecule has 0 bridgehead atoms. The Bertz CT molecular complexity index is 758. The van der Waals surface area contributed by atoms with Gasteiger partial charge in [0, 0.05) is 25.2 Å². The van der Waals surface area contributed by atoms with E-state index in [1.54, 1.807) is 15.6 Å². The smallest absolute Gasteiger partial charge is 0.311 e. The normalized spacial score (nSPS) is 23.3. The van der Waals surface area contributed by atoms with Crippen LogP contribution in [0, 0.1) is 18.8 Å². The van der Waals surface area contributed by atoms with Crippen LogP contribution in [0.15, 0.2) is 24.5 Å². The molecule has 0 N–H and O–H groups in total. The van der Waals surface area contributed by atoms with Crippen molar-refractivity contribution in [3.63, 3.8) is 0 Å². The number of amides is 1. The van der Waals surface area contributed by atoms with Crippen molar-refractivity contribution in [2.24, 2.45) is 11.8 Å². The number of hydrogen-bond acceptors (Lipinski definition) is 4. The van der Waals surface area contributed by atoms with Crippen LogP contribution in [-0.4, -0.2) is 46.1 Å². The maximum absolute atomic E-state index is 12.7. The number of halogens is 1. The Kier molecular flexibility index (Phi) is 3.56. The minimum atomic E-state index is -0.175.